The normalized spacial score (nSPS) is 15.3. The van der Waals surface area contributed by atoms with Gasteiger partial charge >= 0.3 is 0 Å². The highest BCUT2D eigenvalue weighted by molar-refractivity contribution is 7.82. The number of rotatable bonds is 2. The molecule has 0 aliphatic rings. The maximum atomic E-state index is 10.8. The zero-order valence-corrected chi connectivity index (χ0v) is 8.15. The molecule has 2 unspecified atom stereocenters. The van der Waals surface area contributed by atoms with Crippen LogP contribution in [0.2, 0.25) is 0 Å². The molecule has 3 nitrogen and oxygen atoms in total. The Morgan fingerprint density at radius 2 is 1.36 bits per heavy atom. The van der Waals surface area contributed by atoms with Gasteiger partial charge in [-0.2, -0.15) is 25.3 Å². The molecule has 0 aromatic carbocycles. The van der Waals surface area contributed by atoms with Crippen LogP contribution in [0, 0.1) is 0 Å². The Hall–Kier alpha value is -0.160. The molecule has 0 heterocycles. The minimum absolute atomic E-state index is 0.390. The Kier molecular flexibility index (Phi) is 4.60. The average Bonchev–Trinajstić information content (AvgIpc) is 1.87. The minimum atomic E-state index is -0.467. The molecule has 0 saturated carbocycles. The maximum absolute atomic E-state index is 10.8. The fourth-order valence-electron chi connectivity index (χ4n) is 0.330. The summed E-state index contributed by atoms with van der Waals surface area (Å²) in [5.41, 5.74) is 0. The van der Waals surface area contributed by atoms with Crippen molar-refractivity contribution in [3.05, 3.63) is 0 Å². The molecule has 0 aromatic heterocycles. The zero-order valence-electron chi connectivity index (χ0n) is 6.37. The van der Waals surface area contributed by atoms with E-state index in [9.17, 15) is 9.59 Å². The van der Waals surface area contributed by atoms with Gasteiger partial charge in [-0.1, -0.05) is 0 Å². The molecule has 0 fully saturated rings. The fraction of sp³-hybridized carbons (Fsp3) is 0.667. The summed E-state index contributed by atoms with van der Waals surface area (Å²) < 4.78 is 0. The number of carbonyl (C=O) groups is 2. The SMILES string of the molecule is CC(S)C(=O)NC(=O)C(C)S. The van der Waals surface area contributed by atoms with Gasteiger partial charge in [0.2, 0.25) is 11.8 Å². The highest BCUT2D eigenvalue weighted by Crippen LogP contribution is 1.95. The first kappa shape index (κ1) is 10.8. The van der Waals surface area contributed by atoms with Crippen molar-refractivity contribution in [2.75, 3.05) is 0 Å². The van der Waals surface area contributed by atoms with Crippen molar-refractivity contribution in [1.82, 2.24) is 5.32 Å². The summed E-state index contributed by atoms with van der Waals surface area (Å²) in [4.78, 5) is 21.6. The van der Waals surface area contributed by atoms with Crippen LogP contribution in [0.15, 0.2) is 0 Å². The number of hydrogen-bond donors (Lipinski definition) is 3. The molecule has 0 bridgehead atoms. The molecular formula is C6H11NO2S2. The van der Waals surface area contributed by atoms with Gasteiger partial charge in [0.15, 0.2) is 0 Å². The molecule has 2 atom stereocenters. The van der Waals surface area contributed by atoms with Crippen LogP contribution in [0.1, 0.15) is 13.8 Å². The topological polar surface area (TPSA) is 46.2 Å². The molecule has 0 aliphatic heterocycles. The van der Waals surface area contributed by atoms with E-state index in [0.29, 0.717) is 0 Å². The minimum Gasteiger partial charge on any atom is -0.295 e. The van der Waals surface area contributed by atoms with Crippen molar-refractivity contribution in [2.24, 2.45) is 0 Å². The monoisotopic (exact) mass is 193 g/mol. The summed E-state index contributed by atoms with van der Waals surface area (Å²) in [7, 11) is 0. The summed E-state index contributed by atoms with van der Waals surface area (Å²) in [6, 6.07) is 0. The molecule has 1 N–H and O–H groups in total. The molecular weight excluding hydrogens is 182 g/mol. The summed E-state index contributed by atoms with van der Waals surface area (Å²) in [5.74, 6) is -0.779. The van der Waals surface area contributed by atoms with E-state index in [1.807, 2.05) is 0 Å². The molecule has 64 valence electrons. The number of imide groups is 1. The van der Waals surface area contributed by atoms with Crippen molar-refractivity contribution in [3.63, 3.8) is 0 Å². The van der Waals surface area contributed by atoms with Gasteiger partial charge in [-0.15, -0.1) is 0 Å². The first-order chi connectivity index (χ1) is 4.95. The van der Waals surface area contributed by atoms with Crippen LogP contribution in [0.4, 0.5) is 0 Å². The summed E-state index contributed by atoms with van der Waals surface area (Å²) in [6.45, 7) is 3.18. The van der Waals surface area contributed by atoms with E-state index in [1.165, 1.54) is 0 Å². The number of nitrogens with one attached hydrogen (secondary N) is 1. The van der Waals surface area contributed by atoms with Crippen LogP contribution in [0.3, 0.4) is 0 Å². The molecule has 2 amide bonds. The van der Waals surface area contributed by atoms with E-state index in [2.05, 4.69) is 30.6 Å². The average molecular weight is 193 g/mol. The van der Waals surface area contributed by atoms with Gasteiger partial charge in [0, 0.05) is 0 Å². The van der Waals surface area contributed by atoms with Crippen molar-refractivity contribution in [2.45, 2.75) is 24.3 Å². The first-order valence-corrected chi connectivity index (χ1v) is 4.19. The van der Waals surface area contributed by atoms with Crippen LogP contribution in [-0.4, -0.2) is 22.3 Å². The number of hydrogen-bond acceptors (Lipinski definition) is 4. The standard InChI is InChI=1S/C6H11NO2S2/c1-3(10)5(8)7-6(9)4(2)11/h3-4,10-11H,1-2H3,(H,7,8,9). The lowest BCUT2D eigenvalue weighted by Gasteiger charge is -2.06. The quantitative estimate of drug-likeness (QED) is 0.551. The zero-order chi connectivity index (χ0) is 9.02. The van der Waals surface area contributed by atoms with E-state index < -0.39 is 10.5 Å². The third kappa shape index (κ3) is 4.31. The molecule has 0 aromatic rings. The maximum Gasteiger partial charge on any atom is 0.239 e. The molecule has 11 heavy (non-hydrogen) atoms. The molecule has 0 saturated heterocycles. The Morgan fingerprint density at radius 3 is 1.55 bits per heavy atom. The molecule has 5 heteroatoms. The van der Waals surface area contributed by atoms with E-state index >= 15 is 0 Å². The summed E-state index contributed by atoms with van der Waals surface area (Å²) in [6.07, 6.45) is 0. The molecule has 0 spiro atoms. The van der Waals surface area contributed by atoms with Crippen molar-refractivity contribution in [1.29, 1.82) is 0 Å². The lowest BCUT2D eigenvalue weighted by Crippen LogP contribution is -2.38. The number of carbonyl (C=O) groups excluding carboxylic acids is 2. The lowest BCUT2D eigenvalue weighted by molar-refractivity contribution is -0.129. The lowest BCUT2D eigenvalue weighted by atomic mass is 10.4. The second-order valence-electron chi connectivity index (χ2n) is 2.21. The third-order valence-corrected chi connectivity index (χ3v) is 1.47. The fourth-order valence-corrected chi connectivity index (χ4v) is 0.459. The van der Waals surface area contributed by atoms with Crippen molar-refractivity contribution in [3.8, 4) is 0 Å². The number of thiol groups is 2. The number of amides is 2. The summed E-state index contributed by atoms with van der Waals surface area (Å²) >= 11 is 7.69. The Morgan fingerprint density at radius 1 is 1.09 bits per heavy atom. The summed E-state index contributed by atoms with van der Waals surface area (Å²) in [5, 5.41) is 1.21. The van der Waals surface area contributed by atoms with E-state index in [4.69, 9.17) is 0 Å². The smallest absolute Gasteiger partial charge is 0.239 e. The first-order valence-electron chi connectivity index (χ1n) is 3.16. The molecule has 0 rings (SSSR count). The van der Waals surface area contributed by atoms with Gasteiger partial charge in [-0.3, -0.25) is 14.9 Å². The van der Waals surface area contributed by atoms with Gasteiger partial charge < -0.3 is 0 Å². The van der Waals surface area contributed by atoms with Gasteiger partial charge in [0.1, 0.15) is 0 Å². The van der Waals surface area contributed by atoms with Crippen LogP contribution in [0.5, 0.6) is 0 Å². The van der Waals surface area contributed by atoms with E-state index in [1.54, 1.807) is 13.8 Å². The van der Waals surface area contributed by atoms with Crippen LogP contribution < -0.4 is 5.32 Å². The second-order valence-corrected chi connectivity index (χ2v) is 3.75. The van der Waals surface area contributed by atoms with E-state index in [-0.39, 0.29) is 11.8 Å². The highest BCUT2D eigenvalue weighted by atomic mass is 32.1. The third-order valence-electron chi connectivity index (χ3n) is 1.01. The van der Waals surface area contributed by atoms with Gasteiger partial charge in [-0.05, 0) is 13.8 Å². The largest absolute Gasteiger partial charge is 0.295 e. The van der Waals surface area contributed by atoms with E-state index in [0.717, 1.165) is 0 Å². The second kappa shape index (κ2) is 4.66. The Bertz CT molecular complexity index is 150. The van der Waals surface area contributed by atoms with Gasteiger partial charge in [0.25, 0.3) is 0 Å². The van der Waals surface area contributed by atoms with Crippen molar-refractivity contribution >= 4 is 37.1 Å². The Balaban J connectivity index is 3.86. The predicted octanol–water partition coefficient (Wildman–Crippen LogP) is 0.266. The van der Waals surface area contributed by atoms with Crippen LogP contribution in [-0.2, 0) is 9.59 Å². The molecule has 0 aliphatic carbocycles. The van der Waals surface area contributed by atoms with Crippen LogP contribution in [0.25, 0.3) is 0 Å². The predicted molar refractivity (Wildman–Crippen MR) is 50.0 cm³/mol. The van der Waals surface area contributed by atoms with Crippen molar-refractivity contribution < 1.29 is 9.59 Å². The molecule has 0 radical (unpaired) electrons. The van der Waals surface area contributed by atoms with Gasteiger partial charge in [0.05, 0.1) is 10.5 Å². The van der Waals surface area contributed by atoms with Crippen LogP contribution >= 0.6 is 25.3 Å². The highest BCUT2D eigenvalue weighted by Gasteiger charge is 2.14. The Labute approximate surface area is 76.7 Å². The van der Waals surface area contributed by atoms with Gasteiger partial charge in [-0.25, -0.2) is 0 Å².